The summed E-state index contributed by atoms with van der Waals surface area (Å²) in [5.41, 5.74) is 4.25. The predicted molar refractivity (Wildman–Crippen MR) is 66.2 cm³/mol. The minimum atomic E-state index is 0.547. The molecule has 0 aliphatic heterocycles. The van der Waals surface area contributed by atoms with Gasteiger partial charge in [0.15, 0.2) is 11.0 Å². The summed E-state index contributed by atoms with van der Waals surface area (Å²) in [6.07, 6.45) is 5.02. The first-order chi connectivity index (χ1) is 8.28. The number of thioether (sulfide) groups is 1. The van der Waals surface area contributed by atoms with Gasteiger partial charge in [-0.05, 0) is 13.0 Å². The first-order valence-corrected chi connectivity index (χ1v) is 5.96. The van der Waals surface area contributed by atoms with E-state index in [9.17, 15) is 0 Å². The second-order valence-electron chi connectivity index (χ2n) is 3.31. The molecule has 0 bridgehead atoms. The van der Waals surface area contributed by atoms with Gasteiger partial charge in [-0.2, -0.15) is 0 Å². The normalized spacial score (nSPS) is 10.2. The number of nitrogens with zero attached hydrogens (tertiary/aromatic N) is 4. The van der Waals surface area contributed by atoms with E-state index >= 15 is 0 Å². The van der Waals surface area contributed by atoms with Crippen LogP contribution in [0.1, 0.15) is 11.4 Å². The monoisotopic (exact) mass is 248 g/mol. The summed E-state index contributed by atoms with van der Waals surface area (Å²) >= 11 is 1.52. The predicted octanol–water partition coefficient (Wildman–Crippen LogP) is 1.15. The van der Waals surface area contributed by atoms with E-state index in [1.165, 1.54) is 11.8 Å². The number of hydrazine groups is 1. The molecule has 0 saturated carbocycles. The lowest BCUT2D eigenvalue weighted by Crippen LogP contribution is -2.08. The van der Waals surface area contributed by atoms with Crippen LogP contribution < -0.4 is 11.3 Å². The highest BCUT2D eigenvalue weighted by Crippen LogP contribution is 2.17. The molecule has 0 saturated heterocycles. The standard InChI is InChI=1S/C10H12N6S/c1-7-2-3-12-10(15-7)17-6-8-4-14-9(16-11)5-13-8/h2-5H,6,11H2,1H3,(H,14,16). The molecule has 0 amide bonds. The van der Waals surface area contributed by atoms with Gasteiger partial charge in [0.2, 0.25) is 0 Å². The van der Waals surface area contributed by atoms with Crippen LogP contribution >= 0.6 is 11.8 Å². The number of rotatable bonds is 4. The lowest BCUT2D eigenvalue weighted by atomic mass is 10.5. The van der Waals surface area contributed by atoms with Gasteiger partial charge in [-0.1, -0.05) is 11.8 Å². The third-order valence-electron chi connectivity index (χ3n) is 1.98. The van der Waals surface area contributed by atoms with Crippen molar-refractivity contribution in [2.45, 2.75) is 17.8 Å². The highest BCUT2D eigenvalue weighted by Gasteiger charge is 2.01. The maximum Gasteiger partial charge on any atom is 0.188 e. The second kappa shape index (κ2) is 5.55. The van der Waals surface area contributed by atoms with Gasteiger partial charge in [0.25, 0.3) is 0 Å². The van der Waals surface area contributed by atoms with Gasteiger partial charge in [0.1, 0.15) is 0 Å². The van der Waals surface area contributed by atoms with Gasteiger partial charge in [-0.25, -0.2) is 20.8 Å². The summed E-state index contributed by atoms with van der Waals surface area (Å²) < 4.78 is 0. The topological polar surface area (TPSA) is 89.6 Å². The Hall–Kier alpha value is -1.73. The molecule has 88 valence electrons. The number of nitrogen functional groups attached to an aromatic ring is 1. The fraction of sp³-hybridized carbons (Fsp3) is 0.200. The first-order valence-electron chi connectivity index (χ1n) is 4.98. The van der Waals surface area contributed by atoms with Gasteiger partial charge in [-0.15, -0.1) is 0 Å². The van der Waals surface area contributed by atoms with Crippen molar-refractivity contribution in [3.05, 3.63) is 36.0 Å². The van der Waals surface area contributed by atoms with E-state index in [1.54, 1.807) is 18.6 Å². The molecule has 2 aromatic rings. The molecule has 2 rings (SSSR count). The van der Waals surface area contributed by atoms with E-state index in [0.717, 1.165) is 16.5 Å². The van der Waals surface area contributed by atoms with E-state index in [2.05, 4.69) is 25.4 Å². The summed E-state index contributed by atoms with van der Waals surface area (Å²) in [4.78, 5) is 16.7. The highest BCUT2D eigenvalue weighted by molar-refractivity contribution is 7.98. The molecule has 0 spiro atoms. The van der Waals surface area contributed by atoms with Crippen LogP contribution in [0, 0.1) is 6.92 Å². The maximum absolute atomic E-state index is 5.20. The molecule has 0 radical (unpaired) electrons. The summed E-state index contributed by atoms with van der Waals surface area (Å²) in [5, 5.41) is 0.743. The number of aryl methyl sites for hydroxylation is 1. The number of aromatic nitrogens is 4. The Bertz CT molecular complexity index is 486. The summed E-state index contributed by atoms with van der Waals surface area (Å²) in [7, 11) is 0. The largest absolute Gasteiger partial charge is 0.307 e. The smallest absolute Gasteiger partial charge is 0.188 e. The van der Waals surface area contributed by atoms with Gasteiger partial charge in [0, 0.05) is 17.6 Å². The lowest BCUT2D eigenvalue weighted by molar-refractivity contribution is 0.930. The minimum Gasteiger partial charge on any atom is -0.307 e. The Morgan fingerprint density at radius 1 is 1.29 bits per heavy atom. The molecule has 0 fully saturated rings. The number of hydrogen-bond donors (Lipinski definition) is 2. The molecule has 17 heavy (non-hydrogen) atoms. The van der Waals surface area contributed by atoms with Crippen molar-refractivity contribution >= 4 is 17.6 Å². The number of anilines is 1. The number of nitrogens with one attached hydrogen (secondary N) is 1. The van der Waals surface area contributed by atoms with Crippen LogP contribution in [0.15, 0.2) is 29.8 Å². The number of hydrogen-bond acceptors (Lipinski definition) is 7. The van der Waals surface area contributed by atoms with Crippen molar-refractivity contribution < 1.29 is 0 Å². The molecule has 7 heteroatoms. The van der Waals surface area contributed by atoms with Crippen LogP contribution in [0.4, 0.5) is 5.82 Å². The molecule has 6 nitrogen and oxygen atoms in total. The third kappa shape index (κ3) is 3.36. The quantitative estimate of drug-likeness (QED) is 0.363. The van der Waals surface area contributed by atoms with Crippen molar-refractivity contribution in [2.75, 3.05) is 5.43 Å². The van der Waals surface area contributed by atoms with Crippen molar-refractivity contribution in [1.29, 1.82) is 0 Å². The molecular weight excluding hydrogens is 236 g/mol. The van der Waals surface area contributed by atoms with Crippen LogP contribution in [0.2, 0.25) is 0 Å². The Morgan fingerprint density at radius 3 is 2.82 bits per heavy atom. The van der Waals surface area contributed by atoms with Gasteiger partial charge >= 0.3 is 0 Å². The van der Waals surface area contributed by atoms with Gasteiger partial charge < -0.3 is 5.43 Å². The zero-order valence-electron chi connectivity index (χ0n) is 9.29. The number of nitrogens with two attached hydrogens (primary N) is 1. The zero-order chi connectivity index (χ0) is 12.1. The van der Waals surface area contributed by atoms with Crippen molar-refractivity contribution in [3.63, 3.8) is 0 Å². The molecule has 0 unspecified atom stereocenters. The van der Waals surface area contributed by atoms with Crippen molar-refractivity contribution in [3.8, 4) is 0 Å². The average molecular weight is 248 g/mol. The van der Waals surface area contributed by atoms with Crippen LogP contribution in [0.5, 0.6) is 0 Å². The summed E-state index contributed by atoms with van der Waals surface area (Å²) in [5.74, 6) is 6.43. The fourth-order valence-electron chi connectivity index (χ4n) is 1.14. The van der Waals surface area contributed by atoms with Crippen molar-refractivity contribution in [2.24, 2.45) is 5.84 Å². The van der Waals surface area contributed by atoms with Crippen LogP contribution in [0.3, 0.4) is 0 Å². The Morgan fingerprint density at radius 2 is 2.18 bits per heavy atom. The van der Waals surface area contributed by atoms with Gasteiger partial charge in [-0.3, -0.25) is 4.98 Å². The highest BCUT2D eigenvalue weighted by atomic mass is 32.2. The summed E-state index contributed by atoms with van der Waals surface area (Å²) in [6.45, 7) is 1.94. The SMILES string of the molecule is Cc1ccnc(SCc2cnc(NN)cn2)n1. The second-order valence-corrected chi connectivity index (χ2v) is 4.25. The Kier molecular flexibility index (Phi) is 3.84. The average Bonchev–Trinajstić information content (AvgIpc) is 2.37. The minimum absolute atomic E-state index is 0.547. The van der Waals surface area contributed by atoms with Crippen LogP contribution in [0.25, 0.3) is 0 Å². The van der Waals surface area contributed by atoms with Crippen LogP contribution in [-0.2, 0) is 5.75 Å². The van der Waals surface area contributed by atoms with Crippen molar-refractivity contribution in [1.82, 2.24) is 19.9 Å². The van der Waals surface area contributed by atoms with E-state index in [1.807, 2.05) is 13.0 Å². The van der Waals surface area contributed by atoms with E-state index in [-0.39, 0.29) is 0 Å². The maximum atomic E-state index is 5.20. The van der Waals surface area contributed by atoms with E-state index in [0.29, 0.717) is 11.6 Å². The zero-order valence-corrected chi connectivity index (χ0v) is 10.1. The molecule has 0 aromatic carbocycles. The lowest BCUT2D eigenvalue weighted by Gasteiger charge is -2.01. The molecule has 3 N–H and O–H groups in total. The van der Waals surface area contributed by atoms with E-state index < -0.39 is 0 Å². The Balaban J connectivity index is 1.97. The Labute approximate surface area is 103 Å². The molecule has 2 aromatic heterocycles. The molecule has 0 aliphatic carbocycles. The third-order valence-corrected chi connectivity index (χ3v) is 2.87. The summed E-state index contributed by atoms with van der Waals surface area (Å²) in [6, 6.07) is 1.87. The molecular formula is C10H12N6S. The molecule has 2 heterocycles. The van der Waals surface area contributed by atoms with Crippen LogP contribution in [-0.4, -0.2) is 19.9 Å². The van der Waals surface area contributed by atoms with Gasteiger partial charge in [0.05, 0.1) is 18.1 Å². The molecule has 0 aliphatic rings. The fourth-order valence-corrected chi connectivity index (χ4v) is 1.91. The first kappa shape index (κ1) is 11.7. The molecule has 0 atom stereocenters. The van der Waals surface area contributed by atoms with E-state index in [4.69, 9.17) is 5.84 Å².